The van der Waals surface area contributed by atoms with Crippen LogP contribution in [0.25, 0.3) is 0 Å². The Labute approximate surface area is 73.0 Å². The van der Waals surface area contributed by atoms with Gasteiger partial charge in [-0.3, -0.25) is 0 Å². The Morgan fingerprint density at radius 3 is 2.17 bits per heavy atom. The lowest BCUT2D eigenvalue weighted by atomic mass is 10.1. The summed E-state index contributed by atoms with van der Waals surface area (Å²) in [6.07, 6.45) is -5.32. The molecule has 0 N–H and O–H groups in total. The Morgan fingerprint density at radius 1 is 1.08 bits per heavy atom. The monoisotopic (exact) mass is 194 g/mol. The lowest BCUT2D eigenvalue weighted by Gasteiger charge is -2.08. The molecule has 0 aromatic heterocycles. The van der Waals surface area contributed by atoms with Gasteiger partial charge in [0.25, 0.3) is 6.43 Å². The summed E-state index contributed by atoms with van der Waals surface area (Å²) < 4.78 is 36.4. The molecule has 0 aliphatic heterocycles. The molecule has 0 bridgehead atoms. The first-order valence-corrected chi connectivity index (χ1v) is 3.67. The van der Waals surface area contributed by atoms with E-state index in [2.05, 4.69) is 0 Å². The van der Waals surface area contributed by atoms with E-state index in [-0.39, 0.29) is 10.6 Å². The summed E-state index contributed by atoms with van der Waals surface area (Å²) in [5, 5.41) is 0.0327. The van der Waals surface area contributed by atoms with Crippen LogP contribution in [0.1, 0.15) is 11.7 Å². The molecule has 1 aromatic carbocycles. The Hall–Kier alpha value is -0.700. The number of rotatable bonds is 2. The molecule has 0 aliphatic rings. The van der Waals surface area contributed by atoms with Crippen LogP contribution in [0.5, 0.6) is 0 Å². The van der Waals surface area contributed by atoms with Crippen molar-refractivity contribution in [2.24, 2.45) is 0 Å². The minimum Gasteiger partial charge on any atom is -0.236 e. The van der Waals surface area contributed by atoms with E-state index in [0.29, 0.717) is 0 Å². The quantitative estimate of drug-likeness (QED) is 0.675. The van der Waals surface area contributed by atoms with E-state index in [1.165, 1.54) is 18.2 Å². The highest BCUT2D eigenvalue weighted by molar-refractivity contribution is 6.31. The number of alkyl halides is 3. The van der Waals surface area contributed by atoms with Gasteiger partial charge in [0.15, 0.2) is 6.17 Å². The van der Waals surface area contributed by atoms with Crippen LogP contribution < -0.4 is 0 Å². The fourth-order valence-corrected chi connectivity index (χ4v) is 1.07. The van der Waals surface area contributed by atoms with Crippen LogP contribution in [0.15, 0.2) is 24.3 Å². The molecule has 1 unspecified atom stereocenters. The zero-order chi connectivity index (χ0) is 9.14. The van der Waals surface area contributed by atoms with E-state index >= 15 is 0 Å². The van der Waals surface area contributed by atoms with Crippen LogP contribution in [0.4, 0.5) is 13.2 Å². The molecule has 0 spiro atoms. The molecule has 12 heavy (non-hydrogen) atoms. The molecule has 4 heteroatoms. The number of hydrogen-bond acceptors (Lipinski definition) is 0. The summed E-state index contributed by atoms with van der Waals surface area (Å²) in [5.74, 6) is 0. The van der Waals surface area contributed by atoms with Crippen molar-refractivity contribution in [2.45, 2.75) is 12.6 Å². The van der Waals surface area contributed by atoms with E-state index < -0.39 is 12.6 Å². The molecule has 0 saturated carbocycles. The van der Waals surface area contributed by atoms with Gasteiger partial charge >= 0.3 is 0 Å². The Balaban J connectivity index is 2.94. The summed E-state index contributed by atoms with van der Waals surface area (Å²) in [5.41, 5.74) is -0.158. The van der Waals surface area contributed by atoms with Crippen molar-refractivity contribution in [3.8, 4) is 0 Å². The summed E-state index contributed by atoms with van der Waals surface area (Å²) in [6, 6.07) is 5.66. The van der Waals surface area contributed by atoms with Gasteiger partial charge in [0, 0.05) is 10.6 Å². The zero-order valence-corrected chi connectivity index (χ0v) is 6.73. The molecule has 0 heterocycles. The number of hydrogen-bond donors (Lipinski definition) is 0. The summed E-state index contributed by atoms with van der Waals surface area (Å²) in [4.78, 5) is 0. The van der Waals surface area contributed by atoms with Crippen LogP contribution >= 0.6 is 11.6 Å². The molecule has 0 radical (unpaired) electrons. The highest BCUT2D eigenvalue weighted by Crippen LogP contribution is 2.29. The topological polar surface area (TPSA) is 0 Å². The summed E-state index contributed by atoms with van der Waals surface area (Å²) >= 11 is 5.49. The molecular weight excluding hydrogens is 189 g/mol. The van der Waals surface area contributed by atoms with Crippen molar-refractivity contribution in [1.82, 2.24) is 0 Å². The third kappa shape index (κ3) is 1.91. The van der Waals surface area contributed by atoms with Crippen molar-refractivity contribution in [1.29, 1.82) is 0 Å². The molecule has 1 aromatic rings. The molecular formula is C8H6ClF3. The van der Waals surface area contributed by atoms with E-state index in [1.54, 1.807) is 6.07 Å². The van der Waals surface area contributed by atoms with Gasteiger partial charge in [-0.25, -0.2) is 13.2 Å². The molecule has 0 amide bonds. The Morgan fingerprint density at radius 2 is 1.67 bits per heavy atom. The fraction of sp³-hybridized carbons (Fsp3) is 0.250. The SMILES string of the molecule is FC(F)C(F)c1ccccc1Cl. The van der Waals surface area contributed by atoms with Gasteiger partial charge in [-0.05, 0) is 6.07 Å². The fourth-order valence-electron chi connectivity index (χ4n) is 0.834. The first kappa shape index (κ1) is 9.39. The van der Waals surface area contributed by atoms with E-state index in [0.717, 1.165) is 0 Å². The standard InChI is InChI=1S/C8H6ClF3/c9-6-4-2-1-3-5(6)7(10)8(11)12/h1-4,7-8H. The van der Waals surface area contributed by atoms with Crippen LogP contribution in [0.2, 0.25) is 5.02 Å². The first-order chi connectivity index (χ1) is 5.63. The molecule has 66 valence electrons. The minimum absolute atomic E-state index is 0.0327. The molecule has 1 atom stereocenters. The lowest BCUT2D eigenvalue weighted by molar-refractivity contribution is 0.0496. The van der Waals surface area contributed by atoms with Gasteiger partial charge in [0.2, 0.25) is 0 Å². The number of benzene rings is 1. The van der Waals surface area contributed by atoms with Crippen molar-refractivity contribution in [2.75, 3.05) is 0 Å². The van der Waals surface area contributed by atoms with Crippen molar-refractivity contribution in [3.05, 3.63) is 34.9 Å². The van der Waals surface area contributed by atoms with Crippen LogP contribution in [-0.4, -0.2) is 6.43 Å². The van der Waals surface area contributed by atoms with Crippen molar-refractivity contribution < 1.29 is 13.2 Å². The predicted octanol–water partition coefficient (Wildman–Crippen LogP) is 3.62. The average Bonchev–Trinajstić information content (AvgIpc) is 2.04. The van der Waals surface area contributed by atoms with Gasteiger partial charge in [-0.15, -0.1) is 0 Å². The largest absolute Gasteiger partial charge is 0.273 e. The average molecular weight is 195 g/mol. The van der Waals surface area contributed by atoms with Gasteiger partial charge in [-0.2, -0.15) is 0 Å². The maximum Gasteiger partial charge on any atom is 0.273 e. The second-order valence-corrected chi connectivity index (χ2v) is 2.66. The van der Waals surface area contributed by atoms with Gasteiger partial charge in [0.05, 0.1) is 0 Å². The number of halogens is 4. The Kier molecular flexibility index (Phi) is 2.98. The normalized spacial score (nSPS) is 13.4. The second-order valence-electron chi connectivity index (χ2n) is 2.26. The van der Waals surface area contributed by atoms with E-state index in [1.807, 2.05) is 0 Å². The van der Waals surface area contributed by atoms with E-state index in [9.17, 15) is 13.2 Å². The molecule has 0 nitrogen and oxygen atoms in total. The van der Waals surface area contributed by atoms with Gasteiger partial charge in [-0.1, -0.05) is 29.8 Å². The van der Waals surface area contributed by atoms with Crippen molar-refractivity contribution >= 4 is 11.6 Å². The molecule has 0 aliphatic carbocycles. The van der Waals surface area contributed by atoms with Crippen LogP contribution in [-0.2, 0) is 0 Å². The van der Waals surface area contributed by atoms with Crippen LogP contribution in [0, 0.1) is 0 Å². The van der Waals surface area contributed by atoms with Gasteiger partial charge < -0.3 is 0 Å². The zero-order valence-electron chi connectivity index (χ0n) is 5.98. The minimum atomic E-state index is -3.02. The van der Waals surface area contributed by atoms with Gasteiger partial charge in [0.1, 0.15) is 0 Å². The maximum atomic E-state index is 12.7. The first-order valence-electron chi connectivity index (χ1n) is 3.29. The molecule has 0 saturated heterocycles. The van der Waals surface area contributed by atoms with Crippen molar-refractivity contribution in [3.63, 3.8) is 0 Å². The molecule has 1 rings (SSSR count). The maximum absolute atomic E-state index is 12.7. The summed E-state index contributed by atoms with van der Waals surface area (Å²) in [6.45, 7) is 0. The summed E-state index contributed by atoms with van der Waals surface area (Å²) in [7, 11) is 0. The Bertz CT molecular complexity index is 262. The highest BCUT2D eigenvalue weighted by atomic mass is 35.5. The third-order valence-electron chi connectivity index (χ3n) is 1.42. The third-order valence-corrected chi connectivity index (χ3v) is 1.77. The molecule has 0 fully saturated rings. The van der Waals surface area contributed by atoms with Crippen LogP contribution in [0.3, 0.4) is 0 Å². The highest BCUT2D eigenvalue weighted by Gasteiger charge is 2.23. The van der Waals surface area contributed by atoms with E-state index in [4.69, 9.17) is 11.6 Å². The smallest absolute Gasteiger partial charge is 0.236 e. The predicted molar refractivity (Wildman–Crippen MR) is 41.3 cm³/mol. The second kappa shape index (κ2) is 3.81. The lowest BCUT2D eigenvalue weighted by Crippen LogP contribution is -2.03.